The van der Waals surface area contributed by atoms with Crippen LogP contribution in [0.25, 0.3) is 17.4 Å². The van der Waals surface area contributed by atoms with Gasteiger partial charge >= 0.3 is 0 Å². The van der Waals surface area contributed by atoms with Crippen LogP contribution >= 0.6 is 0 Å². The maximum absolute atomic E-state index is 13.8. The van der Waals surface area contributed by atoms with E-state index in [0.29, 0.717) is 49.0 Å². The zero-order valence-corrected chi connectivity index (χ0v) is 15.6. The summed E-state index contributed by atoms with van der Waals surface area (Å²) in [6.07, 6.45) is 4.45. The van der Waals surface area contributed by atoms with Crippen molar-refractivity contribution in [2.24, 2.45) is 0 Å². The summed E-state index contributed by atoms with van der Waals surface area (Å²) >= 11 is 0. The third-order valence-corrected chi connectivity index (χ3v) is 4.77. The second-order valence-electron chi connectivity index (χ2n) is 6.61. The van der Waals surface area contributed by atoms with E-state index in [1.165, 1.54) is 18.4 Å². The van der Waals surface area contributed by atoms with Crippen LogP contribution in [0.3, 0.4) is 0 Å². The first-order chi connectivity index (χ1) is 14.1. The molecule has 1 aliphatic heterocycles. The minimum Gasteiger partial charge on any atom is -0.459 e. The number of benzene rings is 1. The molecule has 1 saturated heterocycles. The second kappa shape index (κ2) is 8.18. The lowest BCUT2D eigenvalue weighted by molar-refractivity contribution is -0.127. The smallest absolute Gasteiger partial charge is 0.289 e. The van der Waals surface area contributed by atoms with Crippen molar-refractivity contribution in [3.05, 3.63) is 78.2 Å². The molecule has 3 aromatic rings. The average molecular weight is 394 g/mol. The highest BCUT2D eigenvalue weighted by Gasteiger charge is 2.25. The van der Waals surface area contributed by atoms with Crippen molar-refractivity contribution in [1.82, 2.24) is 9.80 Å². The molecule has 6 nitrogen and oxygen atoms in total. The van der Waals surface area contributed by atoms with Gasteiger partial charge in [-0.1, -0.05) is 12.1 Å². The van der Waals surface area contributed by atoms with Gasteiger partial charge in [0.15, 0.2) is 5.76 Å². The van der Waals surface area contributed by atoms with Crippen molar-refractivity contribution in [2.75, 3.05) is 26.2 Å². The number of nitrogens with zero attached hydrogens (tertiary/aromatic N) is 2. The molecule has 7 heteroatoms. The lowest BCUT2D eigenvalue weighted by Crippen LogP contribution is -2.50. The molecular formula is C22H19FN2O4. The fraction of sp³-hybridized carbons (Fsp3) is 0.182. The van der Waals surface area contributed by atoms with Crippen LogP contribution in [0.4, 0.5) is 4.39 Å². The summed E-state index contributed by atoms with van der Waals surface area (Å²) in [5, 5.41) is 0. The first-order valence-electron chi connectivity index (χ1n) is 9.26. The first-order valence-corrected chi connectivity index (χ1v) is 9.26. The predicted octanol–water partition coefficient (Wildman–Crippen LogP) is 3.68. The summed E-state index contributed by atoms with van der Waals surface area (Å²) in [4.78, 5) is 28.0. The molecule has 2 aromatic heterocycles. The Kier molecular flexibility index (Phi) is 5.29. The van der Waals surface area contributed by atoms with Gasteiger partial charge in [0.2, 0.25) is 5.91 Å². The number of furan rings is 2. The van der Waals surface area contributed by atoms with Gasteiger partial charge in [-0.25, -0.2) is 4.39 Å². The summed E-state index contributed by atoms with van der Waals surface area (Å²) < 4.78 is 24.6. The Balaban J connectivity index is 1.34. The molecular weight excluding hydrogens is 375 g/mol. The molecule has 0 saturated carbocycles. The molecule has 1 fully saturated rings. The third kappa shape index (κ3) is 4.13. The van der Waals surface area contributed by atoms with Crippen molar-refractivity contribution in [3.8, 4) is 11.3 Å². The van der Waals surface area contributed by atoms with E-state index in [2.05, 4.69) is 0 Å². The molecule has 0 unspecified atom stereocenters. The molecule has 1 aromatic carbocycles. The van der Waals surface area contributed by atoms with Crippen LogP contribution in [0, 0.1) is 5.82 Å². The largest absolute Gasteiger partial charge is 0.459 e. The number of piperazine rings is 1. The lowest BCUT2D eigenvalue weighted by atomic mass is 10.1. The van der Waals surface area contributed by atoms with Gasteiger partial charge in [-0.3, -0.25) is 9.59 Å². The summed E-state index contributed by atoms with van der Waals surface area (Å²) in [7, 11) is 0. The molecule has 0 spiro atoms. The summed E-state index contributed by atoms with van der Waals surface area (Å²) in [5.41, 5.74) is 0.371. The fourth-order valence-corrected chi connectivity index (χ4v) is 3.19. The summed E-state index contributed by atoms with van der Waals surface area (Å²) in [6.45, 7) is 1.76. The monoisotopic (exact) mass is 394 g/mol. The summed E-state index contributed by atoms with van der Waals surface area (Å²) in [6, 6.07) is 13.0. The molecule has 3 heterocycles. The van der Waals surface area contributed by atoms with E-state index in [4.69, 9.17) is 8.83 Å². The van der Waals surface area contributed by atoms with Crippen LogP contribution < -0.4 is 0 Å². The Morgan fingerprint density at radius 2 is 1.69 bits per heavy atom. The maximum atomic E-state index is 13.8. The first kappa shape index (κ1) is 18.7. The molecule has 4 rings (SSSR count). The molecule has 1 aliphatic rings. The Hall–Kier alpha value is -3.61. The standard InChI is InChI=1S/C22H19FN2O4/c23-18-5-2-1-4-17(18)19-9-7-16(29-19)8-10-21(26)24-11-13-25(14-12-24)22(27)20-6-3-15-28-20/h1-10,15H,11-14H2. The highest BCUT2D eigenvalue weighted by molar-refractivity contribution is 5.93. The van der Waals surface area contributed by atoms with Crippen molar-refractivity contribution in [2.45, 2.75) is 0 Å². The highest BCUT2D eigenvalue weighted by Crippen LogP contribution is 2.25. The number of amides is 2. The van der Waals surface area contributed by atoms with E-state index < -0.39 is 0 Å². The van der Waals surface area contributed by atoms with Gasteiger partial charge in [0.25, 0.3) is 5.91 Å². The highest BCUT2D eigenvalue weighted by atomic mass is 19.1. The van der Waals surface area contributed by atoms with E-state index in [0.717, 1.165) is 0 Å². The van der Waals surface area contributed by atoms with E-state index in [-0.39, 0.29) is 17.6 Å². The van der Waals surface area contributed by atoms with Gasteiger partial charge in [-0.05, 0) is 42.5 Å². The SMILES string of the molecule is O=C(C=Cc1ccc(-c2ccccc2F)o1)N1CCN(C(=O)c2ccco2)CC1. The van der Waals surface area contributed by atoms with Crippen molar-refractivity contribution in [3.63, 3.8) is 0 Å². The maximum Gasteiger partial charge on any atom is 0.289 e. The lowest BCUT2D eigenvalue weighted by Gasteiger charge is -2.33. The topological polar surface area (TPSA) is 66.9 Å². The molecule has 29 heavy (non-hydrogen) atoms. The van der Waals surface area contributed by atoms with Crippen LogP contribution in [0.15, 0.2) is 69.7 Å². The molecule has 0 aliphatic carbocycles. The third-order valence-electron chi connectivity index (χ3n) is 4.77. The van der Waals surface area contributed by atoms with Crippen LogP contribution in [-0.2, 0) is 4.79 Å². The quantitative estimate of drug-likeness (QED) is 0.633. The van der Waals surface area contributed by atoms with Gasteiger partial charge < -0.3 is 18.6 Å². The van der Waals surface area contributed by atoms with E-state index in [9.17, 15) is 14.0 Å². The van der Waals surface area contributed by atoms with E-state index >= 15 is 0 Å². The Labute approximate surface area is 166 Å². The van der Waals surface area contributed by atoms with E-state index in [1.54, 1.807) is 58.3 Å². The van der Waals surface area contributed by atoms with Crippen LogP contribution in [0.1, 0.15) is 16.3 Å². The number of hydrogen-bond acceptors (Lipinski definition) is 4. The van der Waals surface area contributed by atoms with Gasteiger partial charge in [-0.15, -0.1) is 0 Å². The molecule has 148 valence electrons. The second-order valence-corrected chi connectivity index (χ2v) is 6.61. The zero-order valence-electron chi connectivity index (χ0n) is 15.6. The number of halogens is 1. The van der Waals surface area contributed by atoms with Crippen LogP contribution in [-0.4, -0.2) is 47.8 Å². The number of rotatable bonds is 4. The Bertz CT molecular complexity index is 1030. The Morgan fingerprint density at radius 1 is 0.931 bits per heavy atom. The summed E-state index contributed by atoms with van der Waals surface area (Å²) in [5.74, 6) is 0.458. The van der Waals surface area contributed by atoms with Crippen LogP contribution in [0.5, 0.6) is 0 Å². The minimum atomic E-state index is -0.365. The van der Waals surface area contributed by atoms with Crippen molar-refractivity contribution < 1.29 is 22.8 Å². The number of carbonyl (C=O) groups is 2. The van der Waals surface area contributed by atoms with E-state index in [1.807, 2.05) is 0 Å². The van der Waals surface area contributed by atoms with Gasteiger partial charge in [-0.2, -0.15) is 0 Å². The number of carbonyl (C=O) groups excluding carboxylic acids is 2. The van der Waals surface area contributed by atoms with Gasteiger partial charge in [0.05, 0.1) is 11.8 Å². The zero-order chi connectivity index (χ0) is 20.2. The average Bonchev–Trinajstić information content (AvgIpc) is 3.44. The Morgan fingerprint density at radius 3 is 2.41 bits per heavy atom. The van der Waals surface area contributed by atoms with Gasteiger partial charge in [0.1, 0.15) is 17.3 Å². The molecule has 2 amide bonds. The minimum absolute atomic E-state index is 0.168. The van der Waals surface area contributed by atoms with Gasteiger partial charge in [0, 0.05) is 32.3 Å². The fourth-order valence-electron chi connectivity index (χ4n) is 3.19. The van der Waals surface area contributed by atoms with Crippen molar-refractivity contribution >= 4 is 17.9 Å². The normalized spacial score (nSPS) is 14.5. The molecule has 0 bridgehead atoms. The predicted molar refractivity (Wildman–Crippen MR) is 104 cm³/mol. The van der Waals surface area contributed by atoms with Crippen molar-refractivity contribution in [1.29, 1.82) is 0 Å². The number of hydrogen-bond donors (Lipinski definition) is 0. The molecule has 0 radical (unpaired) electrons. The van der Waals surface area contributed by atoms with Crippen LogP contribution in [0.2, 0.25) is 0 Å². The molecule has 0 atom stereocenters. The molecule has 0 N–H and O–H groups in total.